The number of rotatable bonds is 7. The van der Waals surface area contributed by atoms with E-state index in [1.807, 2.05) is 53.9 Å². The van der Waals surface area contributed by atoms with E-state index in [0.29, 0.717) is 30.5 Å². The Morgan fingerprint density at radius 3 is 2.92 bits per heavy atom. The van der Waals surface area contributed by atoms with Crippen LogP contribution in [0.25, 0.3) is 11.7 Å². The molecule has 0 spiro atoms. The topological polar surface area (TPSA) is 77.8 Å². The second-order valence-corrected chi connectivity index (χ2v) is 5.44. The average molecular weight is 352 g/mol. The van der Waals surface area contributed by atoms with Crippen LogP contribution in [0.1, 0.15) is 18.3 Å². The standard InChI is InChI=1S/C19H20N4O3/c1-3-26-16-12-14(7-9-15(16)25-2)8-10-19(24)20-13-18-22-21-17-6-4-5-11-23(17)18/h4-12H,3,13H2,1-2H3,(H,20,24)/b10-8+. The van der Waals surface area contributed by atoms with Gasteiger partial charge in [-0.25, -0.2) is 0 Å². The smallest absolute Gasteiger partial charge is 0.244 e. The number of nitrogens with zero attached hydrogens (tertiary/aromatic N) is 3. The number of nitrogens with one attached hydrogen (secondary N) is 1. The molecule has 0 aliphatic carbocycles. The Bertz CT molecular complexity index is 933. The molecule has 134 valence electrons. The highest BCUT2D eigenvalue weighted by atomic mass is 16.5. The van der Waals surface area contributed by atoms with Gasteiger partial charge in [-0.05, 0) is 42.8 Å². The van der Waals surface area contributed by atoms with Gasteiger partial charge in [0, 0.05) is 12.3 Å². The molecule has 0 saturated carbocycles. The lowest BCUT2D eigenvalue weighted by atomic mass is 10.2. The summed E-state index contributed by atoms with van der Waals surface area (Å²) in [6.07, 6.45) is 5.05. The van der Waals surface area contributed by atoms with Gasteiger partial charge in [-0.3, -0.25) is 9.20 Å². The first-order valence-electron chi connectivity index (χ1n) is 8.26. The van der Waals surface area contributed by atoms with E-state index in [4.69, 9.17) is 9.47 Å². The minimum absolute atomic E-state index is 0.216. The van der Waals surface area contributed by atoms with Crippen LogP contribution in [0, 0.1) is 0 Å². The summed E-state index contributed by atoms with van der Waals surface area (Å²) in [6, 6.07) is 11.1. The van der Waals surface area contributed by atoms with Gasteiger partial charge in [-0.15, -0.1) is 10.2 Å². The SMILES string of the molecule is CCOc1cc(/C=C/C(=O)NCc2nnc3ccccn23)ccc1OC. The molecule has 2 aromatic heterocycles. The maximum Gasteiger partial charge on any atom is 0.244 e. The van der Waals surface area contributed by atoms with Crippen molar-refractivity contribution >= 4 is 17.6 Å². The van der Waals surface area contributed by atoms with Crippen LogP contribution in [-0.4, -0.2) is 34.2 Å². The van der Waals surface area contributed by atoms with Gasteiger partial charge in [0.05, 0.1) is 20.3 Å². The fourth-order valence-electron chi connectivity index (χ4n) is 2.47. The van der Waals surface area contributed by atoms with Gasteiger partial charge in [-0.2, -0.15) is 0 Å². The van der Waals surface area contributed by atoms with Crippen molar-refractivity contribution in [1.29, 1.82) is 0 Å². The summed E-state index contributed by atoms with van der Waals surface area (Å²) >= 11 is 0. The van der Waals surface area contributed by atoms with E-state index in [-0.39, 0.29) is 5.91 Å². The maximum atomic E-state index is 12.1. The lowest BCUT2D eigenvalue weighted by molar-refractivity contribution is -0.116. The molecule has 0 radical (unpaired) electrons. The summed E-state index contributed by atoms with van der Waals surface area (Å²) in [5.41, 5.74) is 1.59. The first-order chi connectivity index (χ1) is 12.7. The number of hydrogen-bond acceptors (Lipinski definition) is 5. The number of pyridine rings is 1. The third kappa shape index (κ3) is 4.00. The van der Waals surface area contributed by atoms with Crippen molar-refractivity contribution in [3.63, 3.8) is 0 Å². The van der Waals surface area contributed by atoms with Crippen molar-refractivity contribution in [3.8, 4) is 11.5 Å². The van der Waals surface area contributed by atoms with Crippen molar-refractivity contribution in [2.75, 3.05) is 13.7 Å². The quantitative estimate of drug-likeness (QED) is 0.661. The van der Waals surface area contributed by atoms with Crippen molar-refractivity contribution in [3.05, 3.63) is 60.1 Å². The summed E-state index contributed by atoms with van der Waals surface area (Å²) in [5.74, 6) is 1.76. The molecular formula is C19H20N4O3. The van der Waals surface area contributed by atoms with Crippen molar-refractivity contribution in [2.45, 2.75) is 13.5 Å². The van der Waals surface area contributed by atoms with Crippen molar-refractivity contribution in [2.24, 2.45) is 0 Å². The lowest BCUT2D eigenvalue weighted by Crippen LogP contribution is -2.21. The number of ether oxygens (including phenoxy) is 2. The van der Waals surface area contributed by atoms with Gasteiger partial charge in [0.15, 0.2) is 23.0 Å². The molecule has 0 atom stereocenters. The molecule has 0 unspecified atom stereocenters. The summed E-state index contributed by atoms with van der Waals surface area (Å²) in [6.45, 7) is 2.74. The van der Waals surface area contributed by atoms with E-state index in [2.05, 4.69) is 15.5 Å². The molecule has 7 nitrogen and oxygen atoms in total. The summed E-state index contributed by atoms with van der Waals surface area (Å²) < 4.78 is 12.6. The summed E-state index contributed by atoms with van der Waals surface area (Å²) in [5, 5.41) is 10.9. The number of aromatic nitrogens is 3. The van der Waals surface area contributed by atoms with E-state index in [0.717, 1.165) is 11.2 Å². The highest BCUT2D eigenvalue weighted by molar-refractivity contribution is 5.91. The van der Waals surface area contributed by atoms with Crippen LogP contribution >= 0.6 is 0 Å². The van der Waals surface area contributed by atoms with Gasteiger partial charge in [0.2, 0.25) is 5.91 Å². The minimum atomic E-state index is -0.216. The van der Waals surface area contributed by atoms with E-state index < -0.39 is 0 Å². The zero-order valence-electron chi connectivity index (χ0n) is 14.7. The van der Waals surface area contributed by atoms with Crippen LogP contribution in [0.3, 0.4) is 0 Å². The van der Waals surface area contributed by atoms with Crippen LogP contribution < -0.4 is 14.8 Å². The highest BCUT2D eigenvalue weighted by Crippen LogP contribution is 2.28. The molecule has 3 rings (SSSR count). The van der Waals surface area contributed by atoms with E-state index in [1.54, 1.807) is 13.2 Å². The van der Waals surface area contributed by atoms with Crippen LogP contribution in [-0.2, 0) is 11.3 Å². The number of benzene rings is 1. The second-order valence-electron chi connectivity index (χ2n) is 5.44. The number of fused-ring (bicyclic) bond motifs is 1. The second kappa shape index (κ2) is 8.15. The van der Waals surface area contributed by atoms with Crippen LogP contribution in [0.2, 0.25) is 0 Å². The van der Waals surface area contributed by atoms with Crippen LogP contribution in [0.5, 0.6) is 11.5 Å². The van der Waals surface area contributed by atoms with E-state index in [9.17, 15) is 4.79 Å². The minimum Gasteiger partial charge on any atom is -0.493 e. The summed E-state index contributed by atoms with van der Waals surface area (Å²) in [7, 11) is 1.59. The Hall–Kier alpha value is -3.35. The molecule has 3 aromatic rings. The van der Waals surface area contributed by atoms with Gasteiger partial charge >= 0.3 is 0 Å². The highest BCUT2D eigenvalue weighted by Gasteiger charge is 2.06. The third-order valence-electron chi connectivity index (χ3n) is 3.72. The molecule has 0 saturated heterocycles. The monoisotopic (exact) mass is 352 g/mol. The van der Waals surface area contributed by atoms with Gasteiger partial charge in [0.25, 0.3) is 0 Å². The molecule has 1 aromatic carbocycles. The average Bonchev–Trinajstić information content (AvgIpc) is 3.08. The summed E-state index contributed by atoms with van der Waals surface area (Å²) in [4.78, 5) is 12.1. The Balaban J connectivity index is 1.63. The van der Waals surface area contributed by atoms with Crippen molar-refractivity contribution < 1.29 is 14.3 Å². The number of carbonyl (C=O) groups excluding carboxylic acids is 1. The number of hydrogen-bond donors (Lipinski definition) is 1. The third-order valence-corrected chi connectivity index (χ3v) is 3.72. The van der Waals surface area contributed by atoms with E-state index in [1.165, 1.54) is 6.08 Å². The molecule has 0 fully saturated rings. The Kier molecular flexibility index (Phi) is 5.48. The lowest BCUT2D eigenvalue weighted by Gasteiger charge is -2.09. The predicted octanol–water partition coefficient (Wildman–Crippen LogP) is 2.47. The molecule has 0 bridgehead atoms. The zero-order valence-corrected chi connectivity index (χ0v) is 14.7. The molecule has 1 amide bonds. The Morgan fingerprint density at radius 2 is 2.12 bits per heavy atom. The first kappa shape index (κ1) is 17.5. The fourth-order valence-corrected chi connectivity index (χ4v) is 2.47. The number of amides is 1. The Labute approximate surface area is 151 Å². The molecule has 1 N–H and O–H groups in total. The number of methoxy groups -OCH3 is 1. The predicted molar refractivity (Wildman–Crippen MR) is 98.0 cm³/mol. The molecule has 0 aliphatic rings. The Morgan fingerprint density at radius 1 is 1.23 bits per heavy atom. The maximum absolute atomic E-state index is 12.1. The van der Waals surface area contributed by atoms with Gasteiger partial charge in [-0.1, -0.05) is 12.1 Å². The van der Waals surface area contributed by atoms with Crippen LogP contribution in [0.4, 0.5) is 0 Å². The van der Waals surface area contributed by atoms with Crippen LogP contribution in [0.15, 0.2) is 48.7 Å². The molecular weight excluding hydrogens is 332 g/mol. The first-order valence-corrected chi connectivity index (χ1v) is 8.26. The normalized spacial score (nSPS) is 11.0. The molecule has 7 heteroatoms. The zero-order chi connectivity index (χ0) is 18.4. The number of carbonyl (C=O) groups is 1. The van der Waals surface area contributed by atoms with E-state index >= 15 is 0 Å². The van der Waals surface area contributed by atoms with Gasteiger partial charge in [0.1, 0.15) is 0 Å². The largest absolute Gasteiger partial charge is 0.493 e. The van der Waals surface area contributed by atoms with Crippen molar-refractivity contribution in [1.82, 2.24) is 19.9 Å². The van der Waals surface area contributed by atoms with Gasteiger partial charge < -0.3 is 14.8 Å². The molecule has 2 heterocycles. The fraction of sp³-hybridized carbons (Fsp3) is 0.211. The molecule has 26 heavy (non-hydrogen) atoms. The molecule has 0 aliphatic heterocycles.